The summed E-state index contributed by atoms with van der Waals surface area (Å²) in [6, 6.07) is 8.50. The largest absolute Gasteiger partial charge is 0.321 e. The van der Waals surface area contributed by atoms with E-state index in [4.69, 9.17) is 0 Å². The van der Waals surface area contributed by atoms with Gasteiger partial charge in [-0.3, -0.25) is 19.9 Å². The normalized spacial score (nSPS) is 10.1. The van der Waals surface area contributed by atoms with Crippen LogP contribution >= 0.6 is 0 Å². The average molecular weight is 271 g/mol. The van der Waals surface area contributed by atoms with Crippen molar-refractivity contribution in [2.45, 2.75) is 13.3 Å². The van der Waals surface area contributed by atoms with Gasteiger partial charge in [0.15, 0.2) is 0 Å². The molecule has 0 aliphatic heterocycles. The Labute approximate surface area is 115 Å². The Kier molecular flexibility index (Phi) is 4.05. The standard InChI is InChI=1S/C14H13N3O3/c1-10(18)16-13-3-2-12(9-14(13)17(19)20)8-11-4-6-15-7-5-11/h2-7,9H,8H2,1H3,(H,16,18). The molecular weight excluding hydrogens is 258 g/mol. The number of pyridine rings is 1. The molecule has 6 nitrogen and oxygen atoms in total. The van der Waals surface area contributed by atoms with Crippen LogP contribution in [0.3, 0.4) is 0 Å². The van der Waals surface area contributed by atoms with Gasteiger partial charge in [0.05, 0.1) is 4.92 Å². The van der Waals surface area contributed by atoms with Gasteiger partial charge < -0.3 is 5.32 Å². The maximum Gasteiger partial charge on any atom is 0.293 e. The Morgan fingerprint density at radius 2 is 1.95 bits per heavy atom. The van der Waals surface area contributed by atoms with E-state index in [0.29, 0.717) is 6.42 Å². The summed E-state index contributed by atoms with van der Waals surface area (Å²) in [5.74, 6) is -0.338. The predicted octanol–water partition coefficient (Wildman–Crippen LogP) is 2.54. The van der Waals surface area contributed by atoms with Crippen LogP contribution in [0.1, 0.15) is 18.1 Å². The van der Waals surface area contributed by atoms with Crippen LogP contribution in [-0.2, 0) is 11.2 Å². The first-order valence-corrected chi connectivity index (χ1v) is 6.00. The average Bonchev–Trinajstić information content (AvgIpc) is 2.41. The number of amides is 1. The number of hydrogen-bond donors (Lipinski definition) is 1. The summed E-state index contributed by atoms with van der Waals surface area (Å²) in [4.78, 5) is 25.5. The van der Waals surface area contributed by atoms with Crippen LogP contribution in [0.5, 0.6) is 0 Å². The molecule has 0 aliphatic carbocycles. The zero-order valence-electron chi connectivity index (χ0n) is 10.9. The van der Waals surface area contributed by atoms with E-state index >= 15 is 0 Å². The molecule has 2 rings (SSSR count). The Balaban J connectivity index is 2.30. The Hall–Kier alpha value is -2.76. The lowest BCUT2D eigenvalue weighted by atomic mass is 10.0. The maximum absolute atomic E-state index is 11.1. The van der Waals surface area contributed by atoms with Gasteiger partial charge in [-0.25, -0.2) is 0 Å². The first-order valence-electron chi connectivity index (χ1n) is 6.00. The number of anilines is 1. The minimum atomic E-state index is -0.499. The highest BCUT2D eigenvalue weighted by Gasteiger charge is 2.15. The number of carbonyl (C=O) groups is 1. The molecule has 0 atom stereocenters. The number of hydrogen-bond acceptors (Lipinski definition) is 4. The molecule has 6 heteroatoms. The number of carbonyl (C=O) groups excluding carboxylic acids is 1. The van der Waals surface area contributed by atoms with Gasteiger partial charge in [0.25, 0.3) is 5.69 Å². The van der Waals surface area contributed by atoms with E-state index in [-0.39, 0.29) is 17.3 Å². The lowest BCUT2D eigenvalue weighted by molar-refractivity contribution is -0.384. The molecule has 0 spiro atoms. The minimum Gasteiger partial charge on any atom is -0.321 e. The third-order valence-corrected chi connectivity index (χ3v) is 2.73. The summed E-state index contributed by atoms with van der Waals surface area (Å²) >= 11 is 0. The van der Waals surface area contributed by atoms with Crippen LogP contribution in [0.4, 0.5) is 11.4 Å². The maximum atomic E-state index is 11.1. The molecule has 1 amide bonds. The fourth-order valence-electron chi connectivity index (χ4n) is 1.87. The number of nitrogens with zero attached hydrogens (tertiary/aromatic N) is 2. The molecule has 1 aromatic heterocycles. The predicted molar refractivity (Wildman–Crippen MR) is 74.4 cm³/mol. The second kappa shape index (κ2) is 5.92. The molecule has 20 heavy (non-hydrogen) atoms. The molecule has 2 aromatic rings. The van der Waals surface area contributed by atoms with Crippen LogP contribution in [0.25, 0.3) is 0 Å². The lowest BCUT2D eigenvalue weighted by Crippen LogP contribution is -2.08. The molecule has 0 bridgehead atoms. The van der Waals surface area contributed by atoms with Crippen LogP contribution in [0, 0.1) is 10.1 Å². The first-order chi connectivity index (χ1) is 9.56. The molecule has 0 fully saturated rings. The van der Waals surface area contributed by atoms with Gasteiger partial charge in [-0.15, -0.1) is 0 Å². The fraction of sp³-hybridized carbons (Fsp3) is 0.143. The topological polar surface area (TPSA) is 85.1 Å². The third kappa shape index (κ3) is 3.38. The SMILES string of the molecule is CC(=O)Nc1ccc(Cc2ccncc2)cc1[N+](=O)[O-]. The highest BCUT2D eigenvalue weighted by atomic mass is 16.6. The van der Waals surface area contributed by atoms with Crippen molar-refractivity contribution in [2.75, 3.05) is 5.32 Å². The summed E-state index contributed by atoms with van der Waals surface area (Å²) < 4.78 is 0. The summed E-state index contributed by atoms with van der Waals surface area (Å²) in [6.07, 6.45) is 3.93. The molecule has 0 saturated heterocycles. The molecule has 0 unspecified atom stereocenters. The molecule has 0 radical (unpaired) electrons. The summed E-state index contributed by atoms with van der Waals surface area (Å²) in [5.41, 5.74) is 1.92. The summed E-state index contributed by atoms with van der Waals surface area (Å²) in [6.45, 7) is 1.31. The molecular formula is C14H13N3O3. The van der Waals surface area contributed by atoms with Crippen molar-refractivity contribution in [1.29, 1.82) is 0 Å². The molecule has 1 heterocycles. The van der Waals surface area contributed by atoms with Crippen molar-refractivity contribution in [2.24, 2.45) is 0 Å². The number of benzene rings is 1. The van der Waals surface area contributed by atoms with Crippen molar-refractivity contribution in [3.05, 3.63) is 64.0 Å². The smallest absolute Gasteiger partial charge is 0.293 e. The van der Waals surface area contributed by atoms with Gasteiger partial charge in [-0.2, -0.15) is 0 Å². The van der Waals surface area contributed by atoms with Crippen LogP contribution in [0.2, 0.25) is 0 Å². The first kappa shape index (κ1) is 13.7. The van der Waals surface area contributed by atoms with E-state index < -0.39 is 4.92 Å². The molecule has 102 valence electrons. The number of rotatable bonds is 4. The quantitative estimate of drug-likeness (QED) is 0.684. The van der Waals surface area contributed by atoms with Gasteiger partial charge in [-0.05, 0) is 35.7 Å². The third-order valence-electron chi connectivity index (χ3n) is 2.73. The molecule has 0 saturated carbocycles. The summed E-state index contributed by atoms with van der Waals surface area (Å²) in [7, 11) is 0. The molecule has 1 aromatic carbocycles. The lowest BCUT2D eigenvalue weighted by Gasteiger charge is -2.06. The van der Waals surface area contributed by atoms with E-state index in [9.17, 15) is 14.9 Å². The van der Waals surface area contributed by atoms with E-state index in [1.807, 2.05) is 12.1 Å². The zero-order chi connectivity index (χ0) is 14.5. The van der Waals surface area contributed by atoms with Crippen LogP contribution < -0.4 is 5.32 Å². The Morgan fingerprint density at radius 1 is 1.25 bits per heavy atom. The number of nitrogens with one attached hydrogen (secondary N) is 1. The van der Waals surface area contributed by atoms with Gasteiger partial charge in [0.1, 0.15) is 5.69 Å². The fourth-order valence-corrected chi connectivity index (χ4v) is 1.87. The summed E-state index contributed by atoms with van der Waals surface area (Å²) in [5, 5.41) is 13.5. The monoisotopic (exact) mass is 271 g/mol. The van der Waals surface area contributed by atoms with E-state index in [1.165, 1.54) is 13.0 Å². The van der Waals surface area contributed by atoms with Crippen molar-refractivity contribution < 1.29 is 9.72 Å². The number of aromatic nitrogens is 1. The van der Waals surface area contributed by atoms with E-state index in [0.717, 1.165) is 11.1 Å². The Bertz CT molecular complexity index is 641. The Morgan fingerprint density at radius 3 is 2.55 bits per heavy atom. The van der Waals surface area contributed by atoms with Gasteiger partial charge >= 0.3 is 0 Å². The van der Waals surface area contributed by atoms with Gasteiger partial charge in [-0.1, -0.05) is 6.07 Å². The van der Waals surface area contributed by atoms with Crippen molar-refractivity contribution in [3.8, 4) is 0 Å². The molecule has 0 aliphatic rings. The second-order valence-electron chi connectivity index (χ2n) is 4.32. The van der Waals surface area contributed by atoms with E-state index in [2.05, 4.69) is 10.3 Å². The van der Waals surface area contributed by atoms with Crippen molar-refractivity contribution >= 4 is 17.3 Å². The number of nitro benzene ring substituents is 1. The van der Waals surface area contributed by atoms with Gasteiger partial charge in [0.2, 0.25) is 5.91 Å². The highest BCUT2D eigenvalue weighted by Crippen LogP contribution is 2.26. The van der Waals surface area contributed by atoms with Crippen molar-refractivity contribution in [3.63, 3.8) is 0 Å². The molecule has 1 N–H and O–H groups in total. The van der Waals surface area contributed by atoms with Crippen molar-refractivity contribution in [1.82, 2.24) is 4.98 Å². The highest BCUT2D eigenvalue weighted by molar-refractivity contribution is 5.91. The zero-order valence-corrected chi connectivity index (χ0v) is 10.9. The minimum absolute atomic E-state index is 0.105. The number of nitro groups is 1. The van der Waals surface area contributed by atoms with E-state index in [1.54, 1.807) is 24.5 Å². The second-order valence-corrected chi connectivity index (χ2v) is 4.32. The van der Waals surface area contributed by atoms with Crippen LogP contribution in [-0.4, -0.2) is 15.8 Å². The van der Waals surface area contributed by atoms with Crippen LogP contribution in [0.15, 0.2) is 42.7 Å². The van der Waals surface area contributed by atoms with Gasteiger partial charge in [0, 0.05) is 25.4 Å².